The highest BCUT2D eigenvalue weighted by Gasteiger charge is 2.28. The summed E-state index contributed by atoms with van der Waals surface area (Å²) in [6.45, 7) is 10.1. The molecule has 1 saturated heterocycles. The Morgan fingerprint density at radius 1 is 1.03 bits per heavy atom. The summed E-state index contributed by atoms with van der Waals surface area (Å²) in [6, 6.07) is 16.1. The molecule has 2 aromatic carbocycles. The Bertz CT molecular complexity index is 892. The first-order valence-corrected chi connectivity index (χ1v) is 11.0. The molecule has 0 bridgehead atoms. The molecule has 6 nitrogen and oxygen atoms in total. The molecule has 2 amide bonds. The molecule has 166 valence electrons. The van der Waals surface area contributed by atoms with Gasteiger partial charge in [0.05, 0.1) is 12.6 Å². The lowest BCUT2D eigenvalue weighted by Gasteiger charge is -2.37. The summed E-state index contributed by atoms with van der Waals surface area (Å²) >= 11 is 0. The first kappa shape index (κ1) is 23.0. The van der Waals surface area contributed by atoms with Crippen LogP contribution in [0.25, 0.3) is 0 Å². The lowest BCUT2D eigenvalue weighted by Crippen LogP contribution is -2.54. The minimum Gasteiger partial charge on any atom is -0.339 e. The highest BCUT2D eigenvalue weighted by Crippen LogP contribution is 2.16. The minimum atomic E-state index is -0.343. The number of benzene rings is 2. The zero-order valence-electron chi connectivity index (χ0n) is 19.1. The Balaban J connectivity index is 1.47. The van der Waals surface area contributed by atoms with Crippen molar-refractivity contribution in [1.82, 2.24) is 14.7 Å². The number of carbonyl (C=O) groups is 2. The van der Waals surface area contributed by atoms with Crippen molar-refractivity contribution in [1.29, 1.82) is 0 Å². The quantitative estimate of drug-likeness (QED) is 0.746. The van der Waals surface area contributed by atoms with Crippen LogP contribution in [0.5, 0.6) is 0 Å². The van der Waals surface area contributed by atoms with Crippen molar-refractivity contribution in [3.63, 3.8) is 0 Å². The maximum atomic E-state index is 13.0. The van der Waals surface area contributed by atoms with E-state index in [4.69, 9.17) is 0 Å². The van der Waals surface area contributed by atoms with Crippen LogP contribution in [0.4, 0.5) is 5.69 Å². The summed E-state index contributed by atoms with van der Waals surface area (Å²) < 4.78 is 0. The van der Waals surface area contributed by atoms with Crippen molar-refractivity contribution in [3.05, 3.63) is 65.2 Å². The number of rotatable bonds is 7. The second-order valence-corrected chi connectivity index (χ2v) is 8.54. The van der Waals surface area contributed by atoms with E-state index in [0.717, 1.165) is 49.5 Å². The molecule has 0 aliphatic carbocycles. The topological polar surface area (TPSA) is 55.9 Å². The van der Waals surface area contributed by atoms with E-state index in [1.165, 1.54) is 5.56 Å². The maximum Gasteiger partial charge on any atom is 0.239 e. The Labute approximate surface area is 185 Å². The van der Waals surface area contributed by atoms with Gasteiger partial charge in [-0.1, -0.05) is 42.5 Å². The molecule has 1 aliphatic heterocycles. The van der Waals surface area contributed by atoms with Crippen LogP contribution in [0, 0.1) is 13.8 Å². The third-order valence-electron chi connectivity index (χ3n) is 6.01. The van der Waals surface area contributed by atoms with Crippen molar-refractivity contribution in [2.24, 2.45) is 0 Å². The average molecular weight is 423 g/mol. The number of carbonyl (C=O) groups excluding carboxylic acids is 2. The van der Waals surface area contributed by atoms with E-state index in [0.29, 0.717) is 0 Å². The van der Waals surface area contributed by atoms with E-state index >= 15 is 0 Å². The predicted molar refractivity (Wildman–Crippen MR) is 125 cm³/mol. The fourth-order valence-electron chi connectivity index (χ4n) is 3.84. The third-order valence-corrected chi connectivity index (χ3v) is 6.01. The molecule has 2 aromatic rings. The monoisotopic (exact) mass is 422 g/mol. The number of nitrogens with zero attached hydrogens (tertiary/aromatic N) is 3. The van der Waals surface area contributed by atoms with Crippen LogP contribution in [-0.4, -0.2) is 72.3 Å². The second-order valence-electron chi connectivity index (χ2n) is 8.54. The fourth-order valence-corrected chi connectivity index (χ4v) is 3.84. The van der Waals surface area contributed by atoms with Crippen molar-refractivity contribution >= 4 is 17.5 Å². The lowest BCUT2D eigenvalue weighted by atomic mass is 10.1. The number of amides is 2. The molecule has 0 unspecified atom stereocenters. The zero-order chi connectivity index (χ0) is 22.4. The summed E-state index contributed by atoms with van der Waals surface area (Å²) in [4.78, 5) is 31.6. The van der Waals surface area contributed by atoms with Crippen LogP contribution in [0.1, 0.15) is 23.6 Å². The van der Waals surface area contributed by atoms with Crippen molar-refractivity contribution in [2.45, 2.75) is 33.4 Å². The van der Waals surface area contributed by atoms with E-state index in [2.05, 4.69) is 34.5 Å². The molecule has 0 spiro atoms. The molecule has 1 atom stereocenters. The second kappa shape index (κ2) is 10.6. The van der Waals surface area contributed by atoms with Gasteiger partial charge >= 0.3 is 0 Å². The number of aryl methyl sites for hydroxylation is 2. The number of piperazine rings is 1. The summed E-state index contributed by atoms with van der Waals surface area (Å²) in [6.07, 6.45) is 0. The Morgan fingerprint density at radius 2 is 1.71 bits per heavy atom. The number of nitrogens with one attached hydrogen (secondary N) is 1. The van der Waals surface area contributed by atoms with Gasteiger partial charge in [-0.05, 0) is 50.6 Å². The predicted octanol–water partition coefficient (Wildman–Crippen LogP) is 2.91. The van der Waals surface area contributed by atoms with Crippen LogP contribution in [-0.2, 0) is 16.1 Å². The van der Waals surface area contributed by atoms with Gasteiger partial charge in [0.1, 0.15) is 0 Å². The van der Waals surface area contributed by atoms with E-state index in [-0.39, 0.29) is 24.4 Å². The van der Waals surface area contributed by atoms with Gasteiger partial charge in [-0.3, -0.25) is 19.4 Å². The molecule has 0 radical (unpaired) electrons. The van der Waals surface area contributed by atoms with E-state index in [1.807, 2.05) is 61.9 Å². The Morgan fingerprint density at radius 3 is 2.39 bits per heavy atom. The van der Waals surface area contributed by atoms with Gasteiger partial charge in [0.2, 0.25) is 11.8 Å². The molecule has 31 heavy (non-hydrogen) atoms. The SMILES string of the molecule is Cc1ccc(C)c(NC(=O)CN(C)[C@@H](C)C(=O)N2CCN(Cc3ccccc3)CC2)c1. The van der Waals surface area contributed by atoms with Crippen molar-refractivity contribution in [3.8, 4) is 0 Å². The zero-order valence-corrected chi connectivity index (χ0v) is 19.1. The summed E-state index contributed by atoms with van der Waals surface area (Å²) in [7, 11) is 1.83. The molecule has 1 heterocycles. The smallest absolute Gasteiger partial charge is 0.239 e. The molecule has 0 saturated carbocycles. The van der Waals surface area contributed by atoms with Gasteiger partial charge in [-0.25, -0.2) is 0 Å². The third kappa shape index (κ3) is 6.39. The molecule has 0 aromatic heterocycles. The van der Waals surface area contributed by atoms with Gasteiger partial charge in [-0.15, -0.1) is 0 Å². The molecule has 6 heteroatoms. The van der Waals surface area contributed by atoms with Crippen LogP contribution in [0.3, 0.4) is 0 Å². The number of likely N-dealkylation sites (N-methyl/N-ethyl adjacent to an activating group) is 1. The van der Waals surface area contributed by atoms with Gasteiger partial charge in [0.25, 0.3) is 0 Å². The molecule has 1 fully saturated rings. The number of anilines is 1. The van der Waals surface area contributed by atoms with Crippen LogP contribution < -0.4 is 5.32 Å². The van der Waals surface area contributed by atoms with Gasteiger partial charge in [0.15, 0.2) is 0 Å². The van der Waals surface area contributed by atoms with Gasteiger partial charge < -0.3 is 10.2 Å². The summed E-state index contributed by atoms with van der Waals surface area (Å²) in [5.41, 5.74) is 4.25. The standard InChI is InChI=1S/C25H34N4O2/c1-19-10-11-20(2)23(16-19)26-24(30)18-27(4)21(3)25(31)29-14-12-28(13-15-29)17-22-8-6-5-7-9-22/h5-11,16,21H,12-15,17-18H2,1-4H3,(H,26,30)/t21-/m0/s1. The van der Waals surface area contributed by atoms with E-state index < -0.39 is 0 Å². The highest BCUT2D eigenvalue weighted by molar-refractivity contribution is 5.93. The average Bonchev–Trinajstić information content (AvgIpc) is 2.76. The summed E-state index contributed by atoms with van der Waals surface area (Å²) in [5.74, 6) is -0.0232. The minimum absolute atomic E-state index is 0.0846. The largest absolute Gasteiger partial charge is 0.339 e. The van der Waals surface area contributed by atoms with E-state index in [1.54, 1.807) is 0 Å². The fraction of sp³-hybridized carbons (Fsp3) is 0.440. The number of hydrogen-bond acceptors (Lipinski definition) is 4. The first-order chi connectivity index (χ1) is 14.8. The molecular formula is C25H34N4O2. The van der Waals surface area contributed by atoms with Crippen LogP contribution >= 0.6 is 0 Å². The lowest BCUT2D eigenvalue weighted by molar-refractivity contribution is -0.138. The number of hydrogen-bond donors (Lipinski definition) is 1. The maximum absolute atomic E-state index is 13.0. The Kier molecular flexibility index (Phi) is 7.82. The van der Waals surface area contributed by atoms with Crippen molar-refractivity contribution in [2.75, 3.05) is 45.1 Å². The highest BCUT2D eigenvalue weighted by atomic mass is 16.2. The van der Waals surface area contributed by atoms with Crippen LogP contribution in [0.2, 0.25) is 0 Å². The van der Waals surface area contributed by atoms with Gasteiger partial charge in [0, 0.05) is 38.4 Å². The van der Waals surface area contributed by atoms with Gasteiger partial charge in [-0.2, -0.15) is 0 Å². The van der Waals surface area contributed by atoms with Crippen molar-refractivity contribution < 1.29 is 9.59 Å². The molecular weight excluding hydrogens is 388 g/mol. The molecule has 3 rings (SSSR count). The molecule has 1 aliphatic rings. The summed E-state index contributed by atoms with van der Waals surface area (Å²) in [5, 5.41) is 2.97. The normalized spacial score (nSPS) is 15.7. The Hall–Kier alpha value is -2.70. The molecule has 1 N–H and O–H groups in total. The first-order valence-electron chi connectivity index (χ1n) is 11.0. The van der Waals surface area contributed by atoms with Crippen LogP contribution in [0.15, 0.2) is 48.5 Å². The van der Waals surface area contributed by atoms with E-state index in [9.17, 15) is 9.59 Å².